The Morgan fingerprint density at radius 2 is 1.84 bits per heavy atom. The molecule has 0 amide bonds. The molecule has 1 aromatic rings. The number of benzene rings is 1. The Morgan fingerprint density at radius 1 is 1.16 bits per heavy atom. The molecule has 1 fully saturated rings. The van der Waals surface area contributed by atoms with Crippen molar-refractivity contribution in [3.8, 4) is 5.75 Å². The average Bonchev–Trinajstić information content (AvgIpc) is 2.57. The van der Waals surface area contributed by atoms with E-state index >= 15 is 0 Å². The van der Waals surface area contributed by atoms with Gasteiger partial charge in [0.05, 0.1) is 11.8 Å². The van der Waals surface area contributed by atoms with Gasteiger partial charge < -0.3 is 4.74 Å². The lowest BCUT2D eigenvalue weighted by Crippen LogP contribution is -2.32. The van der Waals surface area contributed by atoms with Crippen LogP contribution in [0, 0.1) is 17.7 Å². The molecular formula is C19H24F4O2. The van der Waals surface area contributed by atoms with Crippen LogP contribution in [0.2, 0.25) is 0 Å². The van der Waals surface area contributed by atoms with Gasteiger partial charge in [-0.1, -0.05) is 25.8 Å². The van der Waals surface area contributed by atoms with Crippen LogP contribution in [0.5, 0.6) is 5.75 Å². The maximum Gasteiger partial charge on any atom is 0.391 e. The van der Waals surface area contributed by atoms with Gasteiger partial charge in [0, 0.05) is 0 Å². The molecule has 0 heterocycles. The minimum Gasteiger partial charge on any atom is -0.423 e. The Morgan fingerprint density at radius 3 is 2.40 bits per heavy atom. The van der Waals surface area contributed by atoms with E-state index < -0.39 is 29.8 Å². The Kier molecular flexibility index (Phi) is 6.85. The first kappa shape index (κ1) is 19.7. The summed E-state index contributed by atoms with van der Waals surface area (Å²) in [5.41, 5.74) is 0.844. The van der Waals surface area contributed by atoms with E-state index in [0.29, 0.717) is 0 Å². The molecule has 0 atom stereocenters. The van der Waals surface area contributed by atoms with Crippen LogP contribution in [-0.4, -0.2) is 12.1 Å². The third kappa shape index (κ3) is 5.72. The molecule has 1 aromatic carbocycles. The van der Waals surface area contributed by atoms with Gasteiger partial charge in [0.2, 0.25) is 0 Å². The minimum absolute atomic E-state index is 0.0812. The van der Waals surface area contributed by atoms with E-state index in [9.17, 15) is 22.4 Å². The molecule has 0 bridgehead atoms. The molecule has 2 rings (SSSR count). The van der Waals surface area contributed by atoms with Crippen molar-refractivity contribution in [1.29, 1.82) is 0 Å². The number of unbranched alkanes of at least 4 members (excludes halogenated alkanes) is 2. The highest BCUT2D eigenvalue weighted by molar-refractivity contribution is 5.75. The number of aryl methyl sites for hydroxylation is 1. The van der Waals surface area contributed by atoms with Crippen LogP contribution in [0.1, 0.15) is 57.4 Å². The molecule has 1 aliphatic rings. The topological polar surface area (TPSA) is 26.3 Å². The van der Waals surface area contributed by atoms with Gasteiger partial charge in [-0.25, -0.2) is 4.39 Å². The van der Waals surface area contributed by atoms with E-state index in [-0.39, 0.29) is 31.4 Å². The lowest BCUT2D eigenvalue weighted by molar-refractivity contribution is -0.185. The summed E-state index contributed by atoms with van der Waals surface area (Å²) in [4.78, 5) is 12.1. The van der Waals surface area contributed by atoms with Crippen molar-refractivity contribution in [3.63, 3.8) is 0 Å². The molecule has 0 N–H and O–H groups in total. The number of esters is 1. The van der Waals surface area contributed by atoms with Crippen LogP contribution in [0.25, 0.3) is 0 Å². The first-order valence-electron chi connectivity index (χ1n) is 8.88. The maximum atomic E-state index is 14.1. The number of rotatable bonds is 6. The lowest BCUT2D eigenvalue weighted by Gasteiger charge is -2.28. The number of hydrogen-bond donors (Lipinski definition) is 0. The Balaban J connectivity index is 1.88. The van der Waals surface area contributed by atoms with Crippen LogP contribution in [-0.2, 0) is 11.2 Å². The van der Waals surface area contributed by atoms with Gasteiger partial charge >= 0.3 is 12.1 Å². The quantitative estimate of drug-likeness (QED) is 0.276. The van der Waals surface area contributed by atoms with Crippen LogP contribution in [0.3, 0.4) is 0 Å². The SMILES string of the molecule is CCCCCc1ccc(OC(=O)C2CCC(C(F)(F)F)CC2)c(F)c1. The largest absolute Gasteiger partial charge is 0.423 e. The Labute approximate surface area is 145 Å². The van der Waals surface area contributed by atoms with Gasteiger partial charge in [0.25, 0.3) is 0 Å². The van der Waals surface area contributed by atoms with E-state index in [1.54, 1.807) is 6.07 Å². The van der Waals surface area contributed by atoms with Gasteiger partial charge in [0.15, 0.2) is 11.6 Å². The molecule has 1 aliphatic carbocycles. The fourth-order valence-corrected chi connectivity index (χ4v) is 3.21. The van der Waals surface area contributed by atoms with Crippen LogP contribution < -0.4 is 4.74 Å². The number of hydrogen-bond acceptors (Lipinski definition) is 2. The van der Waals surface area contributed by atoms with Gasteiger partial charge in [-0.2, -0.15) is 13.2 Å². The number of alkyl halides is 3. The van der Waals surface area contributed by atoms with Gasteiger partial charge in [-0.05, 0) is 56.2 Å². The predicted molar refractivity (Wildman–Crippen MR) is 86.8 cm³/mol. The molecule has 25 heavy (non-hydrogen) atoms. The zero-order valence-corrected chi connectivity index (χ0v) is 14.4. The summed E-state index contributed by atoms with van der Waals surface area (Å²) in [6.07, 6.45) is -0.246. The summed E-state index contributed by atoms with van der Waals surface area (Å²) in [6, 6.07) is 4.51. The highest BCUT2D eigenvalue weighted by Crippen LogP contribution is 2.40. The molecular weight excluding hydrogens is 336 g/mol. The average molecular weight is 360 g/mol. The zero-order valence-electron chi connectivity index (χ0n) is 14.4. The van der Waals surface area contributed by atoms with E-state index in [4.69, 9.17) is 4.74 Å². The van der Waals surface area contributed by atoms with Crippen molar-refractivity contribution in [2.45, 2.75) is 64.5 Å². The molecule has 6 heteroatoms. The van der Waals surface area contributed by atoms with Gasteiger partial charge in [-0.15, -0.1) is 0 Å². The second-order valence-corrected chi connectivity index (χ2v) is 6.73. The van der Waals surface area contributed by atoms with Crippen LogP contribution >= 0.6 is 0 Å². The Bertz CT molecular complexity index is 575. The summed E-state index contributed by atoms with van der Waals surface area (Å²) in [6.45, 7) is 2.09. The third-order valence-corrected chi connectivity index (χ3v) is 4.80. The molecule has 0 spiro atoms. The highest BCUT2D eigenvalue weighted by atomic mass is 19.4. The first-order chi connectivity index (χ1) is 11.8. The summed E-state index contributed by atoms with van der Waals surface area (Å²) >= 11 is 0. The summed E-state index contributed by atoms with van der Waals surface area (Å²) in [7, 11) is 0. The number of halogens is 4. The van der Waals surface area contributed by atoms with Crippen molar-refractivity contribution < 1.29 is 27.1 Å². The molecule has 140 valence electrons. The van der Waals surface area contributed by atoms with Crippen molar-refractivity contribution in [2.75, 3.05) is 0 Å². The standard InChI is InChI=1S/C19H24F4O2/c1-2-3-4-5-13-6-11-17(16(20)12-13)25-18(24)14-7-9-15(10-8-14)19(21,22)23/h6,11-12,14-15H,2-5,7-10H2,1H3. The molecule has 0 unspecified atom stereocenters. The highest BCUT2D eigenvalue weighted by Gasteiger charge is 2.42. The van der Waals surface area contributed by atoms with E-state index in [1.165, 1.54) is 12.1 Å². The lowest BCUT2D eigenvalue weighted by atomic mass is 9.82. The second-order valence-electron chi connectivity index (χ2n) is 6.73. The molecule has 0 aromatic heterocycles. The van der Waals surface area contributed by atoms with Crippen LogP contribution in [0.4, 0.5) is 17.6 Å². The second kappa shape index (κ2) is 8.68. The van der Waals surface area contributed by atoms with E-state index in [2.05, 4.69) is 6.92 Å². The molecule has 0 aliphatic heterocycles. The van der Waals surface area contributed by atoms with E-state index in [0.717, 1.165) is 31.2 Å². The predicted octanol–water partition coefficient (Wildman–Crippen LogP) is 5.83. The van der Waals surface area contributed by atoms with Crippen molar-refractivity contribution in [2.24, 2.45) is 11.8 Å². The van der Waals surface area contributed by atoms with Crippen molar-refractivity contribution in [3.05, 3.63) is 29.6 Å². The molecule has 0 saturated heterocycles. The zero-order chi connectivity index (χ0) is 18.4. The number of ether oxygens (including phenoxy) is 1. The fourth-order valence-electron chi connectivity index (χ4n) is 3.21. The van der Waals surface area contributed by atoms with Gasteiger partial charge in [0.1, 0.15) is 0 Å². The first-order valence-corrected chi connectivity index (χ1v) is 8.88. The van der Waals surface area contributed by atoms with Crippen molar-refractivity contribution >= 4 is 5.97 Å². The summed E-state index contributed by atoms with van der Waals surface area (Å²) in [5, 5.41) is 0. The monoisotopic (exact) mass is 360 g/mol. The van der Waals surface area contributed by atoms with Crippen LogP contribution in [0.15, 0.2) is 18.2 Å². The van der Waals surface area contributed by atoms with E-state index in [1.807, 2.05) is 0 Å². The molecule has 1 saturated carbocycles. The normalized spacial score (nSPS) is 21.2. The van der Waals surface area contributed by atoms with Gasteiger partial charge in [-0.3, -0.25) is 4.79 Å². The Hall–Kier alpha value is -1.59. The smallest absolute Gasteiger partial charge is 0.391 e. The van der Waals surface area contributed by atoms with Crippen molar-refractivity contribution in [1.82, 2.24) is 0 Å². The number of carbonyl (C=O) groups excluding carboxylic acids is 1. The molecule has 2 nitrogen and oxygen atoms in total. The fraction of sp³-hybridized carbons (Fsp3) is 0.632. The summed E-state index contributed by atoms with van der Waals surface area (Å²) < 4.78 is 57.1. The summed E-state index contributed by atoms with van der Waals surface area (Å²) in [5.74, 6) is -3.34. The third-order valence-electron chi connectivity index (χ3n) is 4.80. The maximum absolute atomic E-state index is 14.1. The minimum atomic E-state index is -4.21. The molecule has 0 radical (unpaired) electrons. The number of carbonyl (C=O) groups is 1.